The molecule has 1 atom stereocenters. The van der Waals surface area contributed by atoms with Gasteiger partial charge in [0.15, 0.2) is 0 Å². The topological polar surface area (TPSA) is 80.5 Å². The van der Waals surface area contributed by atoms with E-state index in [0.29, 0.717) is 0 Å². The van der Waals surface area contributed by atoms with Crippen LogP contribution in [0.4, 0.5) is 0 Å². The van der Waals surface area contributed by atoms with Crippen LogP contribution >= 0.6 is 0 Å². The van der Waals surface area contributed by atoms with Crippen LogP contribution in [-0.2, 0) is 14.6 Å². The first-order valence-corrected chi connectivity index (χ1v) is 6.89. The molecule has 0 aromatic rings. The molecule has 0 spiro atoms. The second-order valence-electron chi connectivity index (χ2n) is 4.16. The van der Waals surface area contributed by atoms with E-state index in [1.54, 1.807) is 7.05 Å². The molecule has 0 saturated heterocycles. The third-order valence-electron chi connectivity index (χ3n) is 2.18. The van der Waals surface area contributed by atoms with Crippen LogP contribution < -0.4 is 5.73 Å². The molecule has 0 aliphatic carbocycles. The highest BCUT2D eigenvalue weighted by Crippen LogP contribution is 2.02. The maximum atomic E-state index is 11.6. The lowest BCUT2D eigenvalue weighted by atomic mass is 10.0. The van der Waals surface area contributed by atoms with Gasteiger partial charge >= 0.3 is 0 Å². The Morgan fingerprint density at radius 1 is 1.40 bits per heavy atom. The molecule has 0 radical (unpaired) electrons. The Bertz CT molecular complexity index is 311. The Morgan fingerprint density at radius 2 is 1.87 bits per heavy atom. The number of likely N-dealkylation sites (N-methyl/N-ethyl adjacent to an activating group) is 1. The van der Waals surface area contributed by atoms with Crippen LogP contribution in [0.5, 0.6) is 0 Å². The van der Waals surface area contributed by atoms with Crippen molar-refractivity contribution in [1.82, 2.24) is 4.90 Å². The molecule has 2 N–H and O–H groups in total. The van der Waals surface area contributed by atoms with Crippen molar-refractivity contribution in [2.24, 2.45) is 11.7 Å². The average molecular weight is 236 g/mol. The minimum atomic E-state index is -3.03. The van der Waals surface area contributed by atoms with Gasteiger partial charge in [-0.2, -0.15) is 0 Å². The molecular formula is C9H20N2O3S. The van der Waals surface area contributed by atoms with Crippen molar-refractivity contribution in [3.05, 3.63) is 0 Å². The third-order valence-corrected chi connectivity index (χ3v) is 3.10. The van der Waals surface area contributed by atoms with Crippen molar-refractivity contribution in [3.8, 4) is 0 Å². The molecule has 0 aliphatic heterocycles. The minimum absolute atomic E-state index is 0.0277. The van der Waals surface area contributed by atoms with Crippen molar-refractivity contribution in [3.63, 3.8) is 0 Å². The summed E-state index contributed by atoms with van der Waals surface area (Å²) in [5.74, 6) is -0.188. The summed E-state index contributed by atoms with van der Waals surface area (Å²) >= 11 is 0. The zero-order valence-corrected chi connectivity index (χ0v) is 10.5. The van der Waals surface area contributed by atoms with Gasteiger partial charge in [0.05, 0.1) is 11.8 Å². The summed E-state index contributed by atoms with van der Waals surface area (Å²) in [6, 6.07) is -0.561. The highest BCUT2D eigenvalue weighted by Gasteiger charge is 2.21. The molecule has 1 amide bonds. The van der Waals surface area contributed by atoms with E-state index in [1.165, 1.54) is 4.90 Å². The van der Waals surface area contributed by atoms with Gasteiger partial charge in [0, 0.05) is 19.8 Å². The van der Waals surface area contributed by atoms with Gasteiger partial charge < -0.3 is 10.6 Å². The monoisotopic (exact) mass is 236 g/mol. The smallest absolute Gasteiger partial charge is 0.239 e. The number of nitrogens with zero attached hydrogens (tertiary/aromatic N) is 1. The lowest BCUT2D eigenvalue weighted by molar-refractivity contribution is -0.131. The van der Waals surface area contributed by atoms with E-state index >= 15 is 0 Å². The summed E-state index contributed by atoms with van der Waals surface area (Å²) in [6.45, 7) is 3.90. The van der Waals surface area contributed by atoms with Gasteiger partial charge in [0.25, 0.3) is 0 Å². The number of carbonyl (C=O) groups excluding carboxylic acids is 1. The predicted molar refractivity (Wildman–Crippen MR) is 60.2 cm³/mol. The van der Waals surface area contributed by atoms with E-state index in [-0.39, 0.29) is 24.1 Å². The zero-order chi connectivity index (χ0) is 12.2. The first kappa shape index (κ1) is 14.4. The number of carbonyl (C=O) groups is 1. The van der Waals surface area contributed by atoms with Crippen molar-refractivity contribution in [2.45, 2.75) is 19.9 Å². The van der Waals surface area contributed by atoms with Gasteiger partial charge in [-0.25, -0.2) is 8.42 Å². The van der Waals surface area contributed by atoms with Crippen molar-refractivity contribution < 1.29 is 13.2 Å². The lowest BCUT2D eigenvalue weighted by Gasteiger charge is -2.22. The van der Waals surface area contributed by atoms with E-state index in [9.17, 15) is 13.2 Å². The predicted octanol–water partition coefficient (Wildman–Crippen LogP) is -0.527. The summed E-state index contributed by atoms with van der Waals surface area (Å²) < 4.78 is 21.8. The van der Waals surface area contributed by atoms with Crippen LogP contribution in [0.25, 0.3) is 0 Å². The number of rotatable bonds is 5. The van der Waals surface area contributed by atoms with Crippen LogP contribution in [0.2, 0.25) is 0 Å². The Kier molecular flexibility index (Phi) is 5.23. The number of sulfone groups is 1. The molecule has 0 aromatic carbocycles. The third kappa shape index (κ3) is 5.74. The fraction of sp³-hybridized carbons (Fsp3) is 0.889. The Labute approximate surface area is 91.5 Å². The van der Waals surface area contributed by atoms with E-state index < -0.39 is 15.9 Å². The highest BCUT2D eigenvalue weighted by atomic mass is 32.2. The molecule has 0 aliphatic rings. The molecule has 0 rings (SSSR count). The summed E-state index contributed by atoms with van der Waals surface area (Å²) in [5, 5.41) is 0. The van der Waals surface area contributed by atoms with Gasteiger partial charge in [-0.15, -0.1) is 0 Å². The quantitative estimate of drug-likeness (QED) is 0.696. The van der Waals surface area contributed by atoms with Crippen LogP contribution in [0.1, 0.15) is 13.8 Å². The van der Waals surface area contributed by atoms with Gasteiger partial charge in [-0.1, -0.05) is 13.8 Å². The van der Waals surface area contributed by atoms with E-state index in [2.05, 4.69) is 0 Å². The van der Waals surface area contributed by atoms with E-state index in [4.69, 9.17) is 5.73 Å². The highest BCUT2D eigenvalue weighted by molar-refractivity contribution is 7.90. The lowest BCUT2D eigenvalue weighted by Crippen LogP contribution is -2.46. The Hall–Kier alpha value is -0.620. The second-order valence-corrected chi connectivity index (χ2v) is 6.42. The van der Waals surface area contributed by atoms with Gasteiger partial charge in [-0.3, -0.25) is 4.79 Å². The van der Waals surface area contributed by atoms with Crippen LogP contribution in [0.3, 0.4) is 0 Å². The molecule has 90 valence electrons. The molecular weight excluding hydrogens is 216 g/mol. The molecule has 5 nitrogen and oxygen atoms in total. The van der Waals surface area contributed by atoms with Crippen LogP contribution in [0.15, 0.2) is 0 Å². The molecule has 0 saturated carbocycles. The Morgan fingerprint density at radius 3 is 2.20 bits per heavy atom. The normalized spacial score (nSPS) is 14.0. The molecule has 6 heteroatoms. The SMILES string of the molecule is CC(C)C(N)C(=O)N(C)CCS(C)(=O)=O. The number of amides is 1. The Balaban J connectivity index is 4.23. The number of hydrogen-bond acceptors (Lipinski definition) is 4. The fourth-order valence-electron chi connectivity index (χ4n) is 0.953. The van der Waals surface area contributed by atoms with Crippen molar-refractivity contribution in [1.29, 1.82) is 0 Å². The fourth-order valence-corrected chi connectivity index (χ4v) is 1.56. The maximum Gasteiger partial charge on any atom is 0.239 e. The van der Waals surface area contributed by atoms with Gasteiger partial charge in [0.2, 0.25) is 5.91 Å². The minimum Gasteiger partial charge on any atom is -0.343 e. The van der Waals surface area contributed by atoms with Gasteiger partial charge in [0.1, 0.15) is 9.84 Å². The summed E-state index contributed by atoms with van der Waals surface area (Å²) in [4.78, 5) is 13.0. The first-order chi connectivity index (χ1) is 6.65. The molecule has 1 unspecified atom stereocenters. The summed E-state index contributed by atoms with van der Waals surface area (Å²) in [7, 11) is -1.47. The van der Waals surface area contributed by atoms with Crippen molar-refractivity contribution in [2.75, 3.05) is 25.6 Å². The van der Waals surface area contributed by atoms with E-state index in [1.807, 2.05) is 13.8 Å². The summed E-state index contributed by atoms with van der Waals surface area (Å²) in [5.41, 5.74) is 5.66. The number of hydrogen-bond donors (Lipinski definition) is 1. The van der Waals surface area contributed by atoms with E-state index in [0.717, 1.165) is 6.26 Å². The van der Waals surface area contributed by atoms with Crippen molar-refractivity contribution >= 4 is 15.7 Å². The standard InChI is InChI=1S/C9H20N2O3S/c1-7(2)8(10)9(12)11(3)5-6-15(4,13)14/h7-8H,5-6,10H2,1-4H3. The second kappa shape index (κ2) is 5.46. The number of nitrogens with two attached hydrogens (primary N) is 1. The maximum absolute atomic E-state index is 11.6. The van der Waals surface area contributed by atoms with Gasteiger partial charge in [-0.05, 0) is 5.92 Å². The summed E-state index contributed by atoms with van der Waals surface area (Å²) in [6.07, 6.45) is 1.15. The first-order valence-electron chi connectivity index (χ1n) is 4.83. The van der Waals surface area contributed by atoms with Crippen LogP contribution in [0, 0.1) is 5.92 Å². The molecule has 15 heavy (non-hydrogen) atoms. The average Bonchev–Trinajstić information content (AvgIpc) is 2.10. The molecule has 0 heterocycles. The largest absolute Gasteiger partial charge is 0.343 e. The molecule has 0 bridgehead atoms. The molecule has 0 aromatic heterocycles. The van der Waals surface area contributed by atoms with Crippen LogP contribution in [-0.4, -0.2) is 50.9 Å². The zero-order valence-electron chi connectivity index (χ0n) is 9.73. The molecule has 0 fully saturated rings.